The Morgan fingerprint density at radius 3 is 2.58 bits per heavy atom. The van der Waals surface area contributed by atoms with Crippen LogP contribution in [0, 0.1) is 19.7 Å². The Morgan fingerprint density at radius 1 is 1.17 bits per heavy atom. The second-order valence-corrected chi connectivity index (χ2v) is 5.56. The zero-order chi connectivity index (χ0) is 17.4. The van der Waals surface area contributed by atoms with Crippen molar-refractivity contribution in [3.63, 3.8) is 0 Å². The Balaban J connectivity index is 1.53. The Kier molecular flexibility index (Phi) is 6.66. The van der Waals surface area contributed by atoms with Crippen molar-refractivity contribution in [2.45, 2.75) is 33.2 Å². The second kappa shape index (κ2) is 8.96. The fraction of sp³-hybridized carbons (Fsp3) is 0.389. The lowest BCUT2D eigenvalue weighted by Crippen LogP contribution is -2.35. The van der Waals surface area contributed by atoms with Crippen LogP contribution in [0.5, 0.6) is 5.75 Å². The molecule has 6 heteroatoms. The molecule has 1 heterocycles. The highest BCUT2D eigenvalue weighted by Gasteiger charge is 2.06. The summed E-state index contributed by atoms with van der Waals surface area (Å²) in [6, 6.07) is 7.64. The lowest BCUT2D eigenvalue weighted by atomic mass is 10.2. The third-order valence-electron chi connectivity index (χ3n) is 3.52. The highest BCUT2D eigenvalue weighted by molar-refractivity contribution is 5.73. The van der Waals surface area contributed by atoms with Crippen molar-refractivity contribution in [2.75, 3.05) is 13.2 Å². The molecule has 0 bridgehead atoms. The molecule has 0 saturated carbocycles. The average molecular weight is 334 g/mol. The van der Waals surface area contributed by atoms with Gasteiger partial charge in [-0.25, -0.2) is 9.18 Å². The molecule has 2 N–H and O–H groups in total. The van der Waals surface area contributed by atoms with E-state index in [0.29, 0.717) is 25.4 Å². The maximum atomic E-state index is 12.7. The van der Waals surface area contributed by atoms with Gasteiger partial charge in [0.25, 0.3) is 0 Å². The maximum absolute atomic E-state index is 12.7. The molecule has 0 unspecified atom stereocenters. The predicted octanol–water partition coefficient (Wildman–Crippen LogP) is 3.69. The monoisotopic (exact) mass is 334 g/mol. The van der Waals surface area contributed by atoms with Crippen molar-refractivity contribution < 1.29 is 18.3 Å². The van der Waals surface area contributed by atoms with E-state index in [1.165, 1.54) is 12.1 Å². The minimum Gasteiger partial charge on any atom is -0.494 e. The number of ether oxygens (including phenoxy) is 1. The summed E-state index contributed by atoms with van der Waals surface area (Å²) in [5.74, 6) is 2.03. The average Bonchev–Trinajstić information content (AvgIpc) is 2.88. The van der Waals surface area contributed by atoms with E-state index in [2.05, 4.69) is 10.6 Å². The quantitative estimate of drug-likeness (QED) is 0.724. The smallest absolute Gasteiger partial charge is 0.315 e. The maximum Gasteiger partial charge on any atom is 0.315 e. The Morgan fingerprint density at radius 2 is 1.92 bits per heavy atom. The fourth-order valence-electron chi connectivity index (χ4n) is 2.25. The van der Waals surface area contributed by atoms with Crippen molar-refractivity contribution in [3.8, 4) is 5.75 Å². The predicted molar refractivity (Wildman–Crippen MR) is 89.5 cm³/mol. The number of amides is 2. The summed E-state index contributed by atoms with van der Waals surface area (Å²) in [4.78, 5) is 11.7. The van der Waals surface area contributed by atoms with E-state index in [0.717, 1.165) is 29.9 Å². The molecule has 0 radical (unpaired) electrons. The molecule has 5 nitrogen and oxygen atoms in total. The third-order valence-corrected chi connectivity index (χ3v) is 3.52. The van der Waals surface area contributed by atoms with Crippen LogP contribution in [0.25, 0.3) is 0 Å². The summed E-state index contributed by atoms with van der Waals surface area (Å²) in [6.45, 7) is 5.31. The first-order valence-electron chi connectivity index (χ1n) is 8.00. The van der Waals surface area contributed by atoms with Crippen LogP contribution in [0.1, 0.15) is 29.9 Å². The molecule has 0 aliphatic heterocycles. The van der Waals surface area contributed by atoms with E-state index < -0.39 is 0 Å². The molecule has 2 aromatic rings. The summed E-state index contributed by atoms with van der Waals surface area (Å²) < 4.78 is 23.6. The number of aryl methyl sites for hydroxylation is 2. The largest absolute Gasteiger partial charge is 0.494 e. The first-order chi connectivity index (χ1) is 11.5. The number of carbonyl (C=O) groups is 1. The van der Waals surface area contributed by atoms with Gasteiger partial charge in [0.05, 0.1) is 6.61 Å². The number of benzene rings is 1. The zero-order valence-corrected chi connectivity index (χ0v) is 14.0. The fourth-order valence-corrected chi connectivity index (χ4v) is 2.25. The molecule has 130 valence electrons. The molecule has 0 atom stereocenters. The van der Waals surface area contributed by atoms with Gasteiger partial charge >= 0.3 is 6.03 Å². The van der Waals surface area contributed by atoms with E-state index in [-0.39, 0.29) is 11.8 Å². The summed E-state index contributed by atoms with van der Waals surface area (Å²) >= 11 is 0. The van der Waals surface area contributed by atoms with Crippen LogP contribution in [0.4, 0.5) is 9.18 Å². The molecule has 24 heavy (non-hydrogen) atoms. The molecule has 0 fully saturated rings. The highest BCUT2D eigenvalue weighted by Crippen LogP contribution is 2.13. The Labute approximate surface area is 141 Å². The molecular formula is C18H23FN2O3. The number of nitrogens with one attached hydrogen (secondary N) is 2. The molecule has 1 aromatic heterocycles. The van der Waals surface area contributed by atoms with Crippen molar-refractivity contribution in [3.05, 3.63) is 53.2 Å². The van der Waals surface area contributed by atoms with Crippen LogP contribution in [-0.2, 0) is 6.54 Å². The minimum atomic E-state index is -0.279. The van der Waals surface area contributed by atoms with Crippen molar-refractivity contribution in [1.29, 1.82) is 0 Å². The first kappa shape index (κ1) is 17.8. The SMILES string of the molecule is Cc1cc(CNC(=O)NCCCCOc2ccc(F)cc2)c(C)o1. The Hall–Kier alpha value is -2.50. The van der Waals surface area contributed by atoms with E-state index in [1.807, 2.05) is 19.9 Å². The standard InChI is InChI=1S/C18H23FN2O3/c1-13-11-15(14(2)24-13)12-21-18(22)20-9-3-4-10-23-17-7-5-16(19)6-8-17/h5-8,11H,3-4,9-10,12H2,1-2H3,(H2,20,21,22). The molecule has 0 aliphatic carbocycles. The van der Waals surface area contributed by atoms with Gasteiger partial charge in [-0.05, 0) is 57.0 Å². The third kappa shape index (κ3) is 5.95. The van der Waals surface area contributed by atoms with Crippen LogP contribution in [-0.4, -0.2) is 19.2 Å². The van der Waals surface area contributed by atoms with Crippen LogP contribution < -0.4 is 15.4 Å². The second-order valence-electron chi connectivity index (χ2n) is 5.56. The van der Waals surface area contributed by atoms with Gasteiger partial charge in [-0.1, -0.05) is 0 Å². The number of unbranched alkanes of at least 4 members (excludes halogenated alkanes) is 1. The van der Waals surface area contributed by atoms with Crippen molar-refractivity contribution in [1.82, 2.24) is 10.6 Å². The summed E-state index contributed by atoms with van der Waals surface area (Å²) in [5.41, 5.74) is 0.982. The van der Waals surface area contributed by atoms with E-state index in [9.17, 15) is 9.18 Å². The molecule has 0 aliphatic rings. The van der Waals surface area contributed by atoms with E-state index in [4.69, 9.17) is 9.15 Å². The normalized spacial score (nSPS) is 10.5. The molecular weight excluding hydrogens is 311 g/mol. The number of hydrogen-bond acceptors (Lipinski definition) is 3. The molecule has 2 rings (SSSR count). The first-order valence-corrected chi connectivity index (χ1v) is 8.00. The highest BCUT2D eigenvalue weighted by atomic mass is 19.1. The number of hydrogen-bond donors (Lipinski definition) is 2. The summed E-state index contributed by atoms with van der Waals surface area (Å²) in [5, 5.41) is 5.60. The molecule has 1 aromatic carbocycles. The number of carbonyl (C=O) groups excluding carboxylic acids is 1. The van der Waals surface area contributed by atoms with Crippen LogP contribution in [0.15, 0.2) is 34.7 Å². The van der Waals surface area contributed by atoms with Gasteiger partial charge in [0.1, 0.15) is 23.1 Å². The van der Waals surface area contributed by atoms with Crippen molar-refractivity contribution >= 4 is 6.03 Å². The lowest BCUT2D eigenvalue weighted by molar-refractivity contribution is 0.239. The number of halogens is 1. The van der Waals surface area contributed by atoms with Crippen LogP contribution >= 0.6 is 0 Å². The van der Waals surface area contributed by atoms with Gasteiger partial charge < -0.3 is 19.8 Å². The number of rotatable bonds is 8. The van der Waals surface area contributed by atoms with E-state index in [1.54, 1.807) is 12.1 Å². The summed E-state index contributed by atoms with van der Waals surface area (Å²) in [7, 11) is 0. The van der Waals surface area contributed by atoms with E-state index >= 15 is 0 Å². The van der Waals surface area contributed by atoms with Gasteiger partial charge in [0.15, 0.2) is 0 Å². The van der Waals surface area contributed by atoms with Gasteiger partial charge in [0, 0.05) is 18.7 Å². The van der Waals surface area contributed by atoms with Crippen molar-refractivity contribution in [2.24, 2.45) is 0 Å². The Bertz CT molecular complexity index is 653. The lowest BCUT2D eigenvalue weighted by Gasteiger charge is -2.08. The topological polar surface area (TPSA) is 63.5 Å². The summed E-state index contributed by atoms with van der Waals surface area (Å²) in [6.07, 6.45) is 1.61. The molecule has 0 saturated heterocycles. The van der Waals surface area contributed by atoms with Gasteiger partial charge in [-0.2, -0.15) is 0 Å². The minimum absolute atomic E-state index is 0.201. The van der Waals surface area contributed by atoms with Gasteiger partial charge in [0.2, 0.25) is 0 Å². The van der Waals surface area contributed by atoms with Crippen LogP contribution in [0.2, 0.25) is 0 Å². The zero-order valence-electron chi connectivity index (χ0n) is 14.0. The molecule has 2 amide bonds. The van der Waals surface area contributed by atoms with Gasteiger partial charge in [-0.3, -0.25) is 0 Å². The van der Waals surface area contributed by atoms with Gasteiger partial charge in [-0.15, -0.1) is 0 Å². The number of furan rings is 1. The molecule has 0 spiro atoms. The number of urea groups is 1. The van der Waals surface area contributed by atoms with Crippen LogP contribution in [0.3, 0.4) is 0 Å².